The highest BCUT2D eigenvalue weighted by Gasteiger charge is 2.63. The van der Waals surface area contributed by atoms with Crippen molar-refractivity contribution in [2.45, 2.75) is 140 Å². The zero-order chi connectivity index (χ0) is 32.3. The number of aromatic hydroxyl groups is 1. The Kier molecular flexibility index (Phi) is 11.3. The molecule has 0 aromatic heterocycles. The predicted octanol–water partition coefficient (Wildman–Crippen LogP) is 9.59. The third-order valence-corrected chi connectivity index (χ3v) is 11.7. The van der Waals surface area contributed by atoms with Gasteiger partial charge in [-0.25, -0.2) is 4.39 Å². The average Bonchev–Trinajstić information content (AvgIpc) is 3.16. The summed E-state index contributed by atoms with van der Waals surface area (Å²) < 4.78 is 78.7. The van der Waals surface area contributed by atoms with Gasteiger partial charge < -0.3 is 15.1 Å². The van der Waals surface area contributed by atoms with Gasteiger partial charge in [-0.05, 0) is 119 Å². The van der Waals surface area contributed by atoms with Crippen LogP contribution in [-0.4, -0.2) is 59.1 Å². The molecule has 252 valence electrons. The number of hydrogen-bond donors (Lipinski definition) is 2. The number of rotatable bonds is 15. The summed E-state index contributed by atoms with van der Waals surface area (Å²) in [6.45, 7) is 5.90. The molecular weight excluding hydrogens is 580 g/mol. The van der Waals surface area contributed by atoms with Crippen molar-refractivity contribution in [3.05, 3.63) is 29.3 Å². The van der Waals surface area contributed by atoms with Crippen LogP contribution in [0.4, 0.5) is 26.3 Å². The molecule has 0 unspecified atom stereocenters. The van der Waals surface area contributed by atoms with Crippen molar-refractivity contribution in [3.63, 3.8) is 0 Å². The summed E-state index contributed by atoms with van der Waals surface area (Å²) >= 11 is 0. The highest BCUT2D eigenvalue weighted by Crippen LogP contribution is 2.66. The number of unbranched alkanes of at least 4 members (excludes halogenated alkanes) is 7. The van der Waals surface area contributed by atoms with Gasteiger partial charge in [0.2, 0.25) is 0 Å². The van der Waals surface area contributed by atoms with Crippen LogP contribution in [0.15, 0.2) is 18.2 Å². The molecule has 0 heterocycles. The molecule has 4 rings (SSSR count). The fraction of sp³-hybridized carbons (Fsp3) is 0.829. The maximum Gasteiger partial charge on any atom is 0.453 e. The minimum absolute atomic E-state index is 0.112. The van der Waals surface area contributed by atoms with Crippen LogP contribution in [0.2, 0.25) is 0 Å². The van der Waals surface area contributed by atoms with Gasteiger partial charge in [0, 0.05) is 17.8 Å². The van der Waals surface area contributed by atoms with Gasteiger partial charge in [-0.1, -0.05) is 51.5 Å². The zero-order valence-electron chi connectivity index (χ0n) is 26.7. The molecule has 3 aliphatic carbocycles. The lowest BCUT2D eigenvalue weighted by molar-refractivity contribution is -0.284. The van der Waals surface area contributed by atoms with Crippen molar-refractivity contribution in [3.8, 4) is 5.75 Å². The largest absolute Gasteiger partial charge is 0.508 e. The fourth-order valence-corrected chi connectivity index (χ4v) is 8.94. The fourth-order valence-electron chi connectivity index (χ4n) is 8.94. The summed E-state index contributed by atoms with van der Waals surface area (Å²) in [5.74, 6) is -3.73. The predicted molar refractivity (Wildman–Crippen MR) is 162 cm³/mol. The van der Waals surface area contributed by atoms with E-state index in [9.17, 15) is 32.2 Å². The number of hydrogen-bond acceptors (Lipinski definition) is 3. The van der Waals surface area contributed by atoms with Gasteiger partial charge in [0.1, 0.15) is 11.9 Å². The number of phenols is 1. The minimum atomic E-state index is -5.46. The zero-order valence-corrected chi connectivity index (χ0v) is 26.7. The van der Waals surface area contributed by atoms with Gasteiger partial charge in [0.05, 0.1) is 5.60 Å². The van der Waals surface area contributed by atoms with E-state index >= 15 is 4.39 Å². The smallest absolute Gasteiger partial charge is 0.453 e. The second-order valence-corrected chi connectivity index (χ2v) is 14.7. The maximum absolute atomic E-state index is 16.1. The van der Waals surface area contributed by atoms with E-state index in [4.69, 9.17) is 0 Å². The topological polar surface area (TPSA) is 43.7 Å². The first-order chi connectivity index (χ1) is 20.6. The van der Waals surface area contributed by atoms with E-state index in [1.54, 1.807) is 6.07 Å². The highest BCUT2D eigenvalue weighted by atomic mass is 19.4. The number of phenolic OH excluding ortho intramolecular Hbond substituents is 1. The number of halogens is 6. The first kappa shape index (κ1) is 35.4. The van der Waals surface area contributed by atoms with Crippen molar-refractivity contribution >= 4 is 0 Å². The van der Waals surface area contributed by atoms with Crippen LogP contribution in [0.5, 0.6) is 5.75 Å². The molecule has 2 saturated carbocycles. The van der Waals surface area contributed by atoms with E-state index in [-0.39, 0.29) is 29.9 Å². The van der Waals surface area contributed by atoms with E-state index in [0.29, 0.717) is 31.6 Å². The summed E-state index contributed by atoms with van der Waals surface area (Å²) in [5, 5.41) is 21.5. The summed E-state index contributed by atoms with van der Waals surface area (Å²) in [6.07, 6.45) is 3.17. The number of alkyl halides is 6. The second-order valence-electron chi connectivity index (χ2n) is 14.7. The molecular formula is C35H53F6NO2. The van der Waals surface area contributed by atoms with E-state index in [1.807, 2.05) is 19.1 Å². The standard InChI is InChI=1S/C35H53F6NO2/c1-32-23-29(36)31-27-15-14-26(43)22-25(27)21-24(30(31)28(32)16-18-33(32,2)44)13-9-8-12-20-42(3)19-11-7-5-4-6-10-17-34(37,38)35(39,40)41/h14-15,22,24,28-31,43-44H,4-13,16-21,23H2,1-3H3/t24-,28+,29+,30+,31+,32+,33+/m1/s1. The monoisotopic (exact) mass is 633 g/mol. The van der Waals surface area contributed by atoms with E-state index < -0.39 is 35.7 Å². The van der Waals surface area contributed by atoms with Crippen LogP contribution in [0.25, 0.3) is 0 Å². The lowest BCUT2D eigenvalue weighted by atomic mass is 9.50. The van der Waals surface area contributed by atoms with E-state index in [2.05, 4.69) is 18.9 Å². The third kappa shape index (κ3) is 7.72. The first-order valence-corrected chi connectivity index (χ1v) is 16.9. The average molecular weight is 634 g/mol. The third-order valence-electron chi connectivity index (χ3n) is 11.7. The van der Waals surface area contributed by atoms with Crippen LogP contribution >= 0.6 is 0 Å². The molecule has 7 atom stereocenters. The highest BCUT2D eigenvalue weighted by molar-refractivity contribution is 5.41. The van der Waals surface area contributed by atoms with E-state index in [1.165, 1.54) is 0 Å². The molecule has 1 aromatic carbocycles. The number of benzene rings is 1. The van der Waals surface area contributed by atoms with Gasteiger partial charge >= 0.3 is 12.1 Å². The molecule has 3 nitrogen and oxygen atoms in total. The SMILES string of the molecule is CN(CCCCCCCCC(F)(F)C(F)(F)F)CCCCC[C@@H]1Cc2cc(O)ccc2[C@@H]2[C@@H]1[C@@H]1CC[C@](C)(O)[C@@]1(C)C[C@@H]2F. The Balaban J connectivity index is 1.18. The molecule has 3 aliphatic rings. The summed E-state index contributed by atoms with van der Waals surface area (Å²) in [5.41, 5.74) is 0.845. The second kappa shape index (κ2) is 14.1. The maximum atomic E-state index is 16.1. The summed E-state index contributed by atoms with van der Waals surface area (Å²) in [6, 6.07) is 5.44. The number of nitrogens with zero attached hydrogens (tertiary/aromatic N) is 1. The van der Waals surface area contributed by atoms with Crippen molar-refractivity contribution in [1.29, 1.82) is 0 Å². The normalized spacial score (nSPS) is 32.0. The molecule has 0 bridgehead atoms. The Morgan fingerprint density at radius 2 is 1.52 bits per heavy atom. The molecule has 1 aromatic rings. The Morgan fingerprint density at radius 1 is 0.909 bits per heavy atom. The van der Waals surface area contributed by atoms with E-state index in [0.717, 1.165) is 82.0 Å². The lowest BCUT2D eigenvalue weighted by Gasteiger charge is -2.56. The van der Waals surface area contributed by atoms with Crippen LogP contribution in [0.1, 0.15) is 121 Å². The molecule has 2 fully saturated rings. The molecule has 0 saturated heterocycles. The van der Waals surface area contributed by atoms with Crippen molar-refractivity contribution in [1.82, 2.24) is 4.90 Å². The molecule has 9 heteroatoms. The Morgan fingerprint density at radius 3 is 2.18 bits per heavy atom. The van der Waals surface area contributed by atoms with Crippen molar-refractivity contribution in [2.75, 3.05) is 20.1 Å². The Bertz CT molecular complexity index is 1080. The van der Waals surface area contributed by atoms with Crippen LogP contribution in [-0.2, 0) is 6.42 Å². The molecule has 0 radical (unpaired) electrons. The number of aliphatic hydroxyl groups is 1. The van der Waals surface area contributed by atoms with Crippen molar-refractivity contribution < 1.29 is 36.6 Å². The summed E-state index contributed by atoms with van der Waals surface area (Å²) in [4.78, 5) is 2.29. The van der Waals surface area contributed by atoms with Crippen LogP contribution in [0.3, 0.4) is 0 Å². The van der Waals surface area contributed by atoms with Gasteiger partial charge in [-0.15, -0.1) is 0 Å². The quantitative estimate of drug-likeness (QED) is 0.149. The molecule has 0 spiro atoms. The Hall–Kier alpha value is -1.48. The molecule has 0 amide bonds. The van der Waals surface area contributed by atoms with Gasteiger partial charge in [0.15, 0.2) is 0 Å². The van der Waals surface area contributed by atoms with Crippen LogP contribution in [0, 0.1) is 23.2 Å². The Labute approximate surface area is 259 Å². The van der Waals surface area contributed by atoms with Crippen LogP contribution < -0.4 is 0 Å². The molecule has 2 N–H and O–H groups in total. The molecule has 44 heavy (non-hydrogen) atoms. The van der Waals surface area contributed by atoms with Gasteiger partial charge in [-0.3, -0.25) is 0 Å². The number of fused-ring (bicyclic) bond motifs is 5. The summed E-state index contributed by atoms with van der Waals surface area (Å²) in [7, 11) is 2.09. The van der Waals surface area contributed by atoms with Gasteiger partial charge in [0.25, 0.3) is 0 Å². The lowest BCUT2D eigenvalue weighted by Crippen LogP contribution is -2.54. The minimum Gasteiger partial charge on any atom is -0.508 e. The van der Waals surface area contributed by atoms with Crippen molar-refractivity contribution in [2.24, 2.45) is 23.2 Å². The molecule has 0 aliphatic heterocycles. The van der Waals surface area contributed by atoms with Gasteiger partial charge in [-0.2, -0.15) is 22.0 Å². The first-order valence-electron chi connectivity index (χ1n) is 16.9.